The molecule has 2 aromatic rings. The van der Waals surface area contributed by atoms with Crippen LogP contribution in [0.5, 0.6) is 5.75 Å². The third-order valence-corrected chi connectivity index (χ3v) is 3.47. The number of amides is 1. The number of halogens is 1. The minimum atomic E-state index is -0.754. The fraction of sp³-hybridized carbons (Fsp3) is 0.267. The number of likely N-dealkylation sites (N-methyl/N-ethyl adjacent to an activating group) is 1. The van der Waals surface area contributed by atoms with Crippen molar-refractivity contribution in [3.63, 3.8) is 0 Å². The van der Waals surface area contributed by atoms with Crippen LogP contribution in [0.4, 0.5) is 0 Å². The summed E-state index contributed by atoms with van der Waals surface area (Å²) >= 11 is 6.34. The minimum absolute atomic E-state index is 0.156. The molecule has 0 aliphatic carbocycles. The molecule has 0 heterocycles. The average Bonchev–Trinajstić information content (AvgIpc) is 2.44. The lowest BCUT2D eigenvalue weighted by Gasteiger charge is -2.19. The summed E-state index contributed by atoms with van der Waals surface area (Å²) in [4.78, 5) is 13.6. The quantitative estimate of drug-likeness (QED) is 0.806. The van der Waals surface area contributed by atoms with Crippen LogP contribution in [0.3, 0.4) is 0 Å². The molecule has 0 saturated carbocycles. The molecule has 0 aromatic heterocycles. The molecule has 4 heteroatoms. The highest BCUT2D eigenvalue weighted by Gasteiger charge is 2.25. The lowest BCUT2D eigenvalue weighted by atomic mass is 10.00. The van der Waals surface area contributed by atoms with Gasteiger partial charge in [-0.3, -0.25) is 4.79 Å². The van der Waals surface area contributed by atoms with Crippen molar-refractivity contribution < 1.29 is 9.53 Å². The molecule has 1 unspecified atom stereocenters. The predicted octanol–water partition coefficient (Wildman–Crippen LogP) is 3.22. The first kappa shape index (κ1) is 13.7. The monoisotopic (exact) mass is 277 g/mol. The van der Waals surface area contributed by atoms with Gasteiger partial charge < -0.3 is 9.64 Å². The number of hydrogen-bond acceptors (Lipinski definition) is 2. The molecule has 0 aliphatic heterocycles. The van der Waals surface area contributed by atoms with Gasteiger partial charge in [-0.1, -0.05) is 30.3 Å². The van der Waals surface area contributed by atoms with Crippen molar-refractivity contribution in [2.75, 3.05) is 21.2 Å². The van der Waals surface area contributed by atoms with Crippen LogP contribution >= 0.6 is 11.6 Å². The zero-order chi connectivity index (χ0) is 14.0. The molecule has 2 aromatic carbocycles. The van der Waals surface area contributed by atoms with Gasteiger partial charge in [0.05, 0.1) is 7.11 Å². The Hall–Kier alpha value is -1.74. The number of fused-ring (bicyclic) bond motifs is 1. The van der Waals surface area contributed by atoms with Crippen LogP contribution in [0.15, 0.2) is 36.4 Å². The van der Waals surface area contributed by atoms with E-state index in [-0.39, 0.29) is 5.91 Å². The van der Waals surface area contributed by atoms with Gasteiger partial charge in [-0.25, -0.2) is 0 Å². The van der Waals surface area contributed by atoms with Crippen LogP contribution in [-0.4, -0.2) is 32.0 Å². The molecule has 3 nitrogen and oxygen atoms in total. The number of carbonyl (C=O) groups is 1. The lowest BCUT2D eigenvalue weighted by molar-refractivity contribution is -0.128. The number of carbonyl (C=O) groups excluding carboxylic acids is 1. The van der Waals surface area contributed by atoms with E-state index in [1.165, 1.54) is 4.90 Å². The van der Waals surface area contributed by atoms with E-state index in [0.29, 0.717) is 5.75 Å². The van der Waals surface area contributed by atoms with Crippen LogP contribution in [0.25, 0.3) is 10.8 Å². The van der Waals surface area contributed by atoms with Crippen molar-refractivity contribution in [2.24, 2.45) is 0 Å². The van der Waals surface area contributed by atoms with Crippen LogP contribution < -0.4 is 4.74 Å². The molecule has 0 saturated heterocycles. The second-order valence-electron chi connectivity index (χ2n) is 4.50. The van der Waals surface area contributed by atoms with Gasteiger partial charge in [0.15, 0.2) is 0 Å². The number of hydrogen-bond donors (Lipinski definition) is 0. The van der Waals surface area contributed by atoms with E-state index < -0.39 is 5.38 Å². The Kier molecular flexibility index (Phi) is 3.96. The number of benzene rings is 2. The van der Waals surface area contributed by atoms with Gasteiger partial charge in [0.2, 0.25) is 5.91 Å². The second-order valence-corrected chi connectivity index (χ2v) is 4.93. The van der Waals surface area contributed by atoms with E-state index in [2.05, 4.69) is 0 Å². The summed E-state index contributed by atoms with van der Waals surface area (Å²) in [6.45, 7) is 0. The van der Waals surface area contributed by atoms with Crippen molar-refractivity contribution in [1.29, 1.82) is 0 Å². The fourth-order valence-corrected chi connectivity index (χ4v) is 2.49. The van der Waals surface area contributed by atoms with Gasteiger partial charge in [-0.2, -0.15) is 0 Å². The van der Waals surface area contributed by atoms with E-state index in [0.717, 1.165) is 16.3 Å². The first-order valence-corrected chi connectivity index (χ1v) is 6.40. The van der Waals surface area contributed by atoms with Crippen molar-refractivity contribution in [2.45, 2.75) is 5.38 Å². The molecule has 0 aliphatic rings. The van der Waals surface area contributed by atoms with Crippen molar-refractivity contribution in [3.8, 4) is 5.75 Å². The molecule has 100 valence electrons. The summed E-state index contributed by atoms with van der Waals surface area (Å²) in [5.74, 6) is 0.477. The van der Waals surface area contributed by atoms with Crippen LogP contribution in [0.2, 0.25) is 0 Å². The first-order chi connectivity index (χ1) is 9.06. The van der Waals surface area contributed by atoms with E-state index in [1.807, 2.05) is 36.4 Å². The fourth-order valence-electron chi connectivity index (χ4n) is 2.07. The van der Waals surface area contributed by atoms with Crippen molar-refractivity contribution in [1.82, 2.24) is 4.90 Å². The third-order valence-electron chi connectivity index (χ3n) is 3.06. The first-order valence-electron chi connectivity index (χ1n) is 5.97. The van der Waals surface area contributed by atoms with Crippen LogP contribution in [-0.2, 0) is 4.79 Å². The van der Waals surface area contributed by atoms with Gasteiger partial charge in [0, 0.05) is 19.7 Å². The van der Waals surface area contributed by atoms with Crippen LogP contribution in [0, 0.1) is 0 Å². The average molecular weight is 278 g/mol. The lowest BCUT2D eigenvalue weighted by Crippen LogP contribution is -2.26. The Balaban J connectivity index is 2.65. The molecule has 2 rings (SSSR count). The van der Waals surface area contributed by atoms with Gasteiger partial charge in [-0.05, 0) is 16.8 Å². The summed E-state index contributed by atoms with van der Waals surface area (Å²) in [5.41, 5.74) is 0.723. The topological polar surface area (TPSA) is 29.5 Å². The van der Waals surface area contributed by atoms with Gasteiger partial charge in [0.1, 0.15) is 11.1 Å². The number of rotatable bonds is 3. The summed E-state index contributed by atoms with van der Waals surface area (Å²) < 4.78 is 5.35. The zero-order valence-corrected chi connectivity index (χ0v) is 11.9. The molecule has 19 heavy (non-hydrogen) atoms. The van der Waals surface area contributed by atoms with Crippen molar-refractivity contribution >= 4 is 28.3 Å². The molecular weight excluding hydrogens is 262 g/mol. The Morgan fingerprint density at radius 3 is 2.53 bits per heavy atom. The standard InChI is InChI=1S/C15H16ClNO2/c1-17(2)15(18)14(16)13-11-7-5-4-6-10(11)8-9-12(13)19-3/h4-9,14H,1-3H3. The van der Waals surface area contributed by atoms with Crippen LogP contribution in [0.1, 0.15) is 10.9 Å². The van der Waals surface area contributed by atoms with Gasteiger partial charge >= 0.3 is 0 Å². The number of nitrogens with zero attached hydrogens (tertiary/aromatic N) is 1. The Morgan fingerprint density at radius 1 is 1.21 bits per heavy atom. The highest BCUT2D eigenvalue weighted by atomic mass is 35.5. The molecule has 0 fully saturated rings. The van der Waals surface area contributed by atoms with E-state index in [9.17, 15) is 4.79 Å². The minimum Gasteiger partial charge on any atom is -0.496 e. The Morgan fingerprint density at radius 2 is 1.89 bits per heavy atom. The maximum absolute atomic E-state index is 12.1. The highest BCUT2D eigenvalue weighted by molar-refractivity contribution is 6.32. The second kappa shape index (κ2) is 5.49. The van der Waals surface area contributed by atoms with E-state index in [4.69, 9.17) is 16.3 Å². The maximum atomic E-state index is 12.1. The summed E-state index contributed by atoms with van der Waals surface area (Å²) in [5, 5.41) is 1.23. The number of methoxy groups -OCH3 is 1. The molecule has 0 radical (unpaired) electrons. The van der Waals surface area contributed by atoms with Crippen molar-refractivity contribution in [3.05, 3.63) is 42.0 Å². The SMILES string of the molecule is COc1ccc2ccccc2c1C(Cl)C(=O)N(C)C. The summed E-state index contributed by atoms with van der Waals surface area (Å²) in [6.07, 6.45) is 0. The molecule has 0 spiro atoms. The van der Waals surface area contributed by atoms with Gasteiger partial charge in [0.25, 0.3) is 0 Å². The number of ether oxygens (including phenoxy) is 1. The van der Waals surface area contributed by atoms with E-state index in [1.54, 1.807) is 21.2 Å². The van der Waals surface area contributed by atoms with Gasteiger partial charge in [-0.15, -0.1) is 11.6 Å². The molecular formula is C15H16ClNO2. The Labute approximate surface area is 117 Å². The highest BCUT2D eigenvalue weighted by Crippen LogP contribution is 2.36. The smallest absolute Gasteiger partial charge is 0.244 e. The third kappa shape index (κ3) is 2.51. The normalized spacial score (nSPS) is 12.2. The molecule has 1 amide bonds. The molecule has 0 bridgehead atoms. The predicted molar refractivity (Wildman–Crippen MR) is 77.8 cm³/mol. The Bertz CT molecular complexity index is 610. The molecule has 1 atom stereocenters. The zero-order valence-electron chi connectivity index (χ0n) is 11.2. The number of alkyl halides is 1. The summed E-state index contributed by atoms with van der Waals surface area (Å²) in [7, 11) is 4.96. The summed E-state index contributed by atoms with van der Waals surface area (Å²) in [6, 6.07) is 11.6. The maximum Gasteiger partial charge on any atom is 0.244 e. The largest absolute Gasteiger partial charge is 0.496 e. The molecule has 0 N–H and O–H groups in total. The van der Waals surface area contributed by atoms with E-state index >= 15 is 0 Å².